The maximum atomic E-state index is 5.88. The highest BCUT2D eigenvalue weighted by Gasteiger charge is 2.38. The van der Waals surface area contributed by atoms with Crippen LogP contribution >= 0.6 is 0 Å². The van der Waals surface area contributed by atoms with Crippen LogP contribution in [-0.2, 0) is 0 Å². The summed E-state index contributed by atoms with van der Waals surface area (Å²) in [5, 5.41) is 3.12. The highest BCUT2D eigenvalue weighted by atomic mass is 16.7. The average Bonchev–Trinajstić information content (AvgIpc) is 2.78. The lowest BCUT2D eigenvalue weighted by Gasteiger charge is -2.26. The molecule has 0 bridgehead atoms. The van der Waals surface area contributed by atoms with Gasteiger partial charge in [-0.2, -0.15) is 0 Å². The van der Waals surface area contributed by atoms with Crippen molar-refractivity contribution in [3.8, 4) is 11.5 Å². The molecule has 1 N–H and O–H groups in total. The van der Waals surface area contributed by atoms with Crippen LogP contribution in [-0.4, -0.2) is 19.4 Å². The lowest BCUT2D eigenvalue weighted by Crippen LogP contribution is -2.40. The first-order valence-electron chi connectivity index (χ1n) is 6.41. The summed E-state index contributed by atoms with van der Waals surface area (Å²) >= 11 is 0. The van der Waals surface area contributed by atoms with E-state index in [0.717, 1.165) is 30.9 Å². The lowest BCUT2D eigenvalue weighted by molar-refractivity contribution is -0.0871. The van der Waals surface area contributed by atoms with E-state index in [-0.39, 0.29) is 0 Å². The Hall–Kier alpha value is -1.22. The Morgan fingerprint density at radius 1 is 1.12 bits per heavy atom. The van der Waals surface area contributed by atoms with E-state index in [0.29, 0.717) is 0 Å². The Morgan fingerprint density at radius 3 is 2.06 bits per heavy atom. The van der Waals surface area contributed by atoms with Gasteiger partial charge >= 0.3 is 0 Å². The average molecular weight is 237 g/mol. The predicted molar refractivity (Wildman–Crippen MR) is 70.6 cm³/mol. The van der Waals surface area contributed by atoms with Gasteiger partial charge < -0.3 is 14.8 Å². The van der Waals surface area contributed by atoms with E-state index in [9.17, 15) is 0 Å². The van der Waals surface area contributed by atoms with Crippen LogP contribution in [0.2, 0.25) is 0 Å². The second-order valence-corrected chi connectivity index (χ2v) is 3.77. The Balaban J connectivity index is 0.000000686. The van der Waals surface area contributed by atoms with Crippen LogP contribution in [0.4, 0.5) is 0 Å². The third-order valence-electron chi connectivity index (χ3n) is 2.74. The summed E-state index contributed by atoms with van der Waals surface area (Å²) in [7, 11) is 1.94. The Morgan fingerprint density at radius 2 is 1.65 bits per heavy atom. The van der Waals surface area contributed by atoms with Crippen molar-refractivity contribution in [3.63, 3.8) is 0 Å². The molecule has 3 heteroatoms. The van der Waals surface area contributed by atoms with Gasteiger partial charge in [0.25, 0.3) is 5.79 Å². The molecule has 0 aromatic heterocycles. The normalized spacial score (nSPS) is 15.1. The van der Waals surface area contributed by atoms with E-state index in [1.807, 2.05) is 45.2 Å². The summed E-state index contributed by atoms with van der Waals surface area (Å²) in [5.74, 6) is 1.25. The molecule has 3 nitrogen and oxygen atoms in total. The van der Waals surface area contributed by atoms with Gasteiger partial charge in [-0.15, -0.1) is 0 Å². The van der Waals surface area contributed by atoms with Crippen molar-refractivity contribution in [1.82, 2.24) is 5.32 Å². The molecule has 0 fully saturated rings. The zero-order chi connectivity index (χ0) is 12.7. The number of hydrogen-bond acceptors (Lipinski definition) is 3. The summed E-state index contributed by atoms with van der Waals surface area (Å²) in [6.07, 6.45) is 1.71. The monoisotopic (exact) mass is 237 g/mol. The van der Waals surface area contributed by atoms with Gasteiger partial charge in [-0.3, -0.25) is 0 Å². The minimum atomic E-state index is -0.466. The predicted octanol–water partition coefficient (Wildman–Crippen LogP) is 3.20. The first-order valence-corrected chi connectivity index (χ1v) is 6.41. The summed E-state index contributed by atoms with van der Waals surface area (Å²) in [4.78, 5) is 0. The summed E-state index contributed by atoms with van der Waals surface area (Å²) in [6, 6.07) is 7.83. The molecule has 1 aliphatic heterocycles. The Labute approximate surface area is 104 Å². The Kier molecular flexibility index (Phi) is 5.29. The van der Waals surface area contributed by atoms with E-state index in [1.165, 1.54) is 0 Å². The van der Waals surface area contributed by atoms with Crippen LogP contribution in [0.15, 0.2) is 24.3 Å². The van der Waals surface area contributed by atoms with Crippen molar-refractivity contribution >= 4 is 0 Å². The summed E-state index contributed by atoms with van der Waals surface area (Å²) in [6.45, 7) is 6.98. The molecule has 1 aromatic rings. The smallest absolute Gasteiger partial charge is 0.252 e. The number of ether oxygens (including phenoxy) is 2. The van der Waals surface area contributed by atoms with Gasteiger partial charge in [0.15, 0.2) is 11.5 Å². The molecule has 0 spiro atoms. The largest absolute Gasteiger partial charge is 0.448 e. The zero-order valence-corrected chi connectivity index (χ0v) is 11.2. The summed E-state index contributed by atoms with van der Waals surface area (Å²) in [5.41, 5.74) is 0. The number of rotatable bonds is 4. The standard InChI is InChI=1S/C12H17NO2.C2H6/c1-3-12(8-9-13-2)14-10-6-4-5-7-11(10)15-12;1-2/h4-7,13H,3,8-9H2,1-2H3;1-2H3. The highest BCUT2D eigenvalue weighted by Crippen LogP contribution is 2.41. The minimum Gasteiger partial charge on any atom is -0.448 e. The maximum absolute atomic E-state index is 5.88. The van der Waals surface area contributed by atoms with Crippen LogP contribution in [0.1, 0.15) is 33.6 Å². The van der Waals surface area contributed by atoms with Crippen molar-refractivity contribution in [2.45, 2.75) is 39.4 Å². The van der Waals surface area contributed by atoms with Crippen molar-refractivity contribution in [2.75, 3.05) is 13.6 Å². The first-order chi connectivity index (χ1) is 8.29. The molecular weight excluding hydrogens is 214 g/mol. The molecule has 2 rings (SSSR count). The molecule has 1 aromatic carbocycles. The van der Waals surface area contributed by atoms with Crippen molar-refractivity contribution in [2.24, 2.45) is 0 Å². The molecule has 0 amide bonds. The van der Waals surface area contributed by atoms with Gasteiger partial charge in [0, 0.05) is 19.4 Å². The van der Waals surface area contributed by atoms with Gasteiger partial charge in [0.05, 0.1) is 0 Å². The molecule has 0 saturated heterocycles. The molecule has 1 aliphatic rings. The van der Waals surface area contributed by atoms with Crippen LogP contribution in [0, 0.1) is 0 Å². The fraction of sp³-hybridized carbons (Fsp3) is 0.571. The van der Waals surface area contributed by atoms with Crippen LogP contribution < -0.4 is 14.8 Å². The van der Waals surface area contributed by atoms with Crippen molar-refractivity contribution in [3.05, 3.63) is 24.3 Å². The van der Waals surface area contributed by atoms with Gasteiger partial charge in [0.2, 0.25) is 0 Å². The SMILES string of the molecule is CC.CCC1(CCNC)Oc2ccccc2O1. The fourth-order valence-corrected chi connectivity index (χ4v) is 1.78. The molecule has 0 saturated carbocycles. The molecular formula is C14H23NO2. The molecule has 96 valence electrons. The second-order valence-electron chi connectivity index (χ2n) is 3.77. The summed E-state index contributed by atoms with van der Waals surface area (Å²) < 4.78 is 11.8. The molecule has 0 aliphatic carbocycles. The third kappa shape index (κ3) is 3.13. The quantitative estimate of drug-likeness (QED) is 0.872. The van der Waals surface area contributed by atoms with Gasteiger partial charge in [0.1, 0.15) is 0 Å². The fourth-order valence-electron chi connectivity index (χ4n) is 1.78. The number of fused-ring (bicyclic) bond motifs is 1. The minimum absolute atomic E-state index is 0.466. The van der Waals surface area contributed by atoms with Gasteiger partial charge in [-0.05, 0) is 19.2 Å². The van der Waals surface area contributed by atoms with Crippen LogP contribution in [0.25, 0.3) is 0 Å². The number of para-hydroxylation sites is 2. The van der Waals surface area contributed by atoms with E-state index in [1.54, 1.807) is 0 Å². The Bertz CT molecular complexity index is 314. The number of nitrogens with one attached hydrogen (secondary N) is 1. The second kappa shape index (κ2) is 6.50. The van der Waals surface area contributed by atoms with E-state index < -0.39 is 5.79 Å². The van der Waals surface area contributed by atoms with Gasteiger partial charge in [-0.25, -0.2) is 0 Å². The van der Waals surface area contributed by atoms with E-state index in [4.69, 9.17) is 9.47 Å². The number of hydrogen-bond donors (Lipinski definition) is 1. The maximum Gasteiger partial charge on any atom is 0.252 e. The van der Waals surface area contributed by atoms with Crippen LogP contribution in [0.5, 0.6) is 11.5 Å². The highest BCUT2D eigenvalue weighted by molar-refractivity contribution is 5.42. The van der Waals surface area contributed by atoms with Crippen molar-refractivity contribution < 1.29 is 9.47 Å². The third-order valence-corrected chi connectivity index (χ3v) is 2.74. The molecule has 0 radical (unpaired) electrons. The lowest BCUT2D eigenvalue weighted by atomic mass is 10.1. The zero-order valence-electron chi connectivity index (χ0n) is 11.2. The molecule has 1 heterocycles. The first kappa shape index (κ1) is 13.8. The van der Waals surface area contributed by atoms with E-state index >= 15 is 0 Å². The van der Waals surface area contributed by atoms with Crippen LogP contribution in [0.3, 0.4) is 0 Å². The van der Waals surface area contributed by atoms with Crippen molar-refractivity contribution in [1.29, 1.82) is 0 Å². The topological polar surface area (TPSA) is 30.5 Å². The molecule has 17 heavy (non-hydrogen) atoms. The van der Waals surface area contributed by atoms with Gasteiger partial charge in [-0.1, -0.05) is 32.9 Å². The van der Waals surface area contributed by atoms with E-state index in [2.05, 4.69) is 12.2 Å². The molecule has 0 atom stereocenters. The number of benzene rings is 1. The molecule has 0 unspecified atom stereocenters.